The number of likely N-dealkylation sites (N-methyl/N-ethyl adjacent to an activating group) is 1. The van der Waals surface area contributed by atoms with E-state index in [1.54, 1.807) is 7.11 Å². The van der Waals surface area contributed by atoms with E-state index in [0.29, 0.717) is 12.1 Å². The van der Waals surface area contributed by atoms with Crippen molar-refractivity contribution in [3.63, 3.8) is 0 Å². The summed E-state index contributed by atoms with van der Waals surface area (Å²) < 4.78 is 5.22. The van der Waals surface area contributed by atoms with Gasteiger partial charge in [-0.25, -0.2) is 0 Å². The van der Waals surface area contributed by atoms with E-state index in [1.807, 2.05) is 62.5 Å². The van der Waals surface area contributed by atoms with Crippen molar-refractivity contribution in [3.8, 4) is 5.75 Å². The minimum Gasteiger partial charge on any atom is -0.497 e. The average Bonchev–Trinajstić information content (AvgIpc) is 2.60. The van der Waals surface area contributed by atoms with Crippen molar-refractivity contribution in [3.05, 3.63) is 54.1 Å². The molecule has 1 atom stereocenters. The summed E-state index contributed by atoms with van der Waals surface area (Å²) in [6, 6.07) is 15.3. The van der Waals surface area contributed by atoms with Crippen molar-refractivity contribution in [2.24, 2.45) is 0 Å². The number of rotatable bonds is 7. The SMILES string of the molecule is CNC(C)CNC(=O)c1ccccc1Nc1cccc(OC)c1. The Bertz CT molecular complexity index is 658. The molecule has 0 aliphatic heterocycles. The summed E-state index contributed by atoms with van der Waals surface area (Å²) in [5.41, 5.74) is 2.24. The molecule has 3 N–H and O–H groups in total. The largest absolute Gasteiger partial charge is 0.497 e. The van der Waals surface area contributed by atoms with Gasteiger partial charge >= 0.3 is 0 Å². The second-order valence-electron chi connectivity index (χ2n) is 5.30. The smallest absolute Gasteiger partial charge is 0.253 e. The minimum absolute atomic E-state index is 0.0990. The van der Waals surface area contributed by atoms with Crippen LogP contribution in [-0.2, 0) is 0 Å². The number of ether oxygens (including phenoxy) is 1. The summed E-state index contributed by atoms with van der Waals surface area (Å²) in [6.07, 6.45) is 0. The molecule has 0 saturated heterocycles. The molecule has 122 valence electrons. The summed E-state index contributed by atoms with van der Waals surface area (Å²) in [4.78, 5) is 12.4. The van der Waals surface area contributed by atoms with Crippen LogP contribution in [-0.4, -0.2) is 32.7 Å². The number of nitrogens with one attached hydrogen (secondary N) is 3. The molecule has 0 heterocycles. The fraction of sp³-hybridized carbons (Fsp3) is 0.278. The van der Waals surface area contributed by atoms with Gasteiger partial charge in [0.05, 0.1) is 18.4 Å². The van der Waals surface area contributed by atoms with Crippen LogP contribution >= 0.6 is 0 Å². The molecule has 0 radical (unpaired) electrons. The number of amides is 1. The predicted molar refractivity (Wildman–Crippen MR) is 93.6 cm³/mol. The Labute approximate surface area is 137 Å². The van der Waals surface area contributed by atoms with Gasteiger partial charge in [-0.2, -0.15) is 0 Å². The highest BCUT2D eigenvalue weighted by Crippen LogP contribution is 2.23. The highest BCUT2D eigenvalue weighted by Gasteiger charge is 2.11. The number of benzene rings is 2. The van der Waals surface area contributed by atoms with Gasteiger partial charge in [0.15, 0.2) is 0 Å². The van der Waals surface area contributed by atoms with E-state index in [-0.39, 0.29) is 11.9 Å². The van der Waals surface area contributed by atoms with Gasteiger partial charge in [-0.05, 0) is 38.2 Å². The number of carbonyl (C=O) groups is 1. The fourth-order valence-corrected chi connectivity index (χ4v) is 2.09. The van der Waals surface area contributed by atoms with Crippen LogP contribution in [0.15, 0.2) is 48.5 Å². The lowest BCUT2D eigenvalue weighted by Gasteiger charge is -2.15. The third-order valence-corrected chi connectivity index (χ3v) is 3.58. The minimum atomic E-state index is -0.0990. The maximum absolute atomic E-state index is 12.4. The molecule has 0 aliphatic rings. The van der Waals surface area contributed by atoms with E-state index in [0.717, 1.165) is 17.1 Å². The maximum atomic E-state index is 12.4. The summed E-state index contributed by atoms with van der Waals surface area (Å²) in [5.74, 6) is 0.665. The van der Waals surface area contributed by atoms with Gasteiger partial charge in [0.25, 0.3) is 5.91 Å². The quantitative estimate of drug-likeness (QED) is 0.735. The van der Waals surface area contributed by atoms with Gasteiger partial charge in [-0.15, -0.1) is 0 Å². The Morgan fingerprint density at radius 1 is 1.17 bits per heavy atom. The van der Waals surface area contributed by atoms with Crippen LogP contribution in [0.1, 0.15) is 17.3 Å². The van der Waals surface area contributed by atoms with Crippen molar-refractivity contribution >= 4 is 17.3 Å². The highest BCUT2D eigenvalue weighted by atomic mass is 16.5. The first-order chi connectivity index (χ1) is 11.1. The van der Waals surface area contributed by atoms with Crippen molar-refractivity contribution in [2.45, 2.75) is 13.0 Å². The summed E-state index contributed by atoms with van der Waals surface area (Å²) >= 11 is 0. The number of para-hydroxylation sites is 1. The molecular formula is C18H23N3O2. The molecule has 0 aromatic heterocycles. The highest BCUT2D eigenvalue weighted by molar-refractivity contribution is 6.00. The number of hydrogen-bond acceptors (Lipinski definition) is 4. The van der Waals surface area contributed by atoms with Crippen LogP contribution in [0.3, 0.4) is 0 Å². The fourth-order valence-electron chi connectivity index (χ4n) is 2.09. The van der Waals surface area contributed by atoms with Crippen molar-refractivity contribution in [1.29, 1.82) is 0 Å². The Hall–Kier alpha value is -2.53. The van der Waals surface area contributed by atoms with Crippen LogP contribution in [0, 0.1) is 0 Å². The van der Waals surface area contributed by atoms with E-state index in [1.165, 1.54) is 0 Å². The van der Waals surface area contributed by atoms with Crippen LogP contribution in [0.5, 0.6) is 5.75 Å². The molecule has 5 nitrogen and oxygen atoms in total. The first-order valence-corrected chi connectivity index (χ1v) is 7.59. The zero-order valence-electron chi connectivity index (χ0n) is 13.7. The van der Waals surface area contributed by atoms with Gasteiger partial charge in [-0.3, -0.25) is 4.79 Å². The van der Waals surface area contributed by atoms with E-state index in [4.69, 9.17) is 4.74 Å². The van der Waals surface area contributed by atoms with Crippen LogP contribution in [0.25, 0.3) is 0 Å². The lowest BCUT2D eigenvalue weighted by atomic mass is 10.1. The Kier molecular flexibility index (Phi) is 6.00. The van der Waals surface area contributed by atoms with Gasteiger partial charge in [0.1, 0.15) is 5.75 Å². The van der Waals surface area contributed by atoms with E-state index < -0.39 is 0 Å². The van der Waals surface area contributed by atoms with Gasteiger partial charge in [0, 0.05) is 24.3 Å². The van der Waals surface area contributed by atoms with E-state index in [9.17, 15) is 4.79 Å². The van der Waals surface area contributed by atoms with E-state index >= 15 is 0 Å². The lowest BCUT2D eigenvalue weighted by Crippen LogP contribution is -2.37. The normalized spacial score (nSPS) is 11.6. The molecule has 5 heteroatoms. The maximum Gasteiger partial charge on any atom is 0.253 e. The second kappa shape index (κ2) is 8.19. The molecular weight excluding hydrogens is 290 g/mol. The summed E-state index contributed by atoms with van der Waals surface area (Å²) in [7, 11) is 3.50. The number of carbonyl (C=O) groups excluding carboxylic acids is 1. The van der Waals surface area contributed by atoms with Crippen molar-refractivity contribution in [1.82, 2.24) is 10.6 Å². The topological polar surface area (TPSA) is 62.4 Å². The first-order valence-electron chi connectivity index (χ1n) is 7.59. The van der Waals surface area contributed by atoms with Crippen molar-refractivity contribution < 1.29 is 9.53 Å². The zero-order chi connectivity index (χ0) is 16.7. The Morgan fingerprint density at radius 2 is 1.96 bits per heavy atom. The summed E-state index contributed by atoms with van der Waals surface area (Å²) in [5, 5.41) is 9.30. The Morgan fingerprint density at radius 3 is 2.70 bits per heavy atom. The van der Waals surface area contributed by atoms with Crippen LogP contribution in [0.2, 0.25) is 0 Å². The summed E-state index contributed by atoms with van der Waals surface area (Å²) in [6.45, 7) is 2.59. The standard InChI is InChI=1S/C18H23N3O2/c1-13(19-2)12-20-18(22)16-9-4-5-10-17(16)21-14-7-6-8-15(11-14)23-3/h4-11,13,19,21H,12H2,1-3H3,(H,20,22). The number of methoxy groups -OCH3 is 1. The number of anilines is 2. The van der Waals surface area contributed by atoms with Crippen LogP contribution in [0.4, 0.5) is 11.4 Å². The lowest BCUT2D eigenvalue weighted by molar-refractivity contribution is 0.0951. The average molecular weight is 313 g/mol. The molecule has 23 heavy (non-hydrogen) atoms. The predicted octanol–water partition coefficient (Wildman–Crippen LogP) is 2.78. The van der Waals surface area contributed by atoms with Gasteiger partial charge in [0.2, 0.25) is 0 Å². The van der Waals surface area contributed by atoms with E-state index in [2.05, 4.69) is 16.0 Å². The molecule has 1 amide bonds. The van der Waals surface area contributed by atoms with Crippen molar-refractivity contribution in [2.75, 3.05) is 26.0 Å². The van der Waals surface area contributed by atoms with Crippen LogP contribution < -0.4 is 20.7 Å². The second-order valence-corrected chi connectivity index (χ2v) is 5.30. The Balaban J connectivity index is 2.15. The monoisotopic (exact) mass is 313 g/mol. The third kappa shape index (κ3) is 4.72. The molecule has 2 aromatic carbocycles. The van der Waals surface area contributed by atoms with Gasteiger partial charge < -0.3 is 20.7 Å². The number of hydrogen-bond donors (Lipinski definition) is 3. The molecule has 0 aliphatic carbocycles. The zero-order valence-corrected chi connectivity index (χ0v) is 13.7. The molecule has 0 spiro atoms. The molecule has 2 rings (SSSR count). The molecule has 0 fully saturated rings. The molecule has 1 unspecified atom stereocenters. The molecule has 0 saturated carbocycles. The molecule has 0 bridgehead atoms. The third-order valence-electron chi connectivity index (χ3n) is 3.58. The van der Waals surface area contributed by atoms with Gasteiger partial charge in [-0.1, -0.05) is 18.2 Å². The molecule has 2 aromatic rings. The first kappa shape index (κ1) is 16.8.